The minimum Gasteiger partial charge on any atom is -0.337 e. The Bertz CT molecular complexity index is 1330. The fourth-order valence-corrected chi connectivity index (χ4v) is 9.33. The topological polar surface area (TPSA) is 127 Å². The Kier molecular flexibility index (Phi) is 10.9. The Morgan fingerprint density at radius 1 is 1.15 bits per heavy atom. The van der Waals surface area contributed by atoms with E-state index in [9.17, 15) is 26.4 Å². The number of carbonyl (C=O) groups excluding carboxylic acids is 2. The third kappa shape index (κ3) is 8.52. The molecule has 0 radical (unpaired) electrons. The van der Waals surface area contributed by atoms with E-state index in [1.807, 2.05) is 11.8 Å². The monoisotopic (exact) mass is 649 g/mol. The molecule has 0 aliphatic carbocycles. The molecule has 3 aliphatic rings. The van der Waals surface area contributed by atoms with Crippen LogP contribution in [0.4, 0.5) is 0 Å². The molecule has 11 nitrogen and oxygen atoms in total. The molecule has 3 aliphatic heterocycles. The molecule has 15 heteroatoms. The molecule has 230 valence electrons. The summed E-state index contributed by atoms with van der Waals surface area (Å²) in [5, 5.41) is 1.03. The van der Waals surface area contributed by atoms with Gasteiger partial charge in [0.25, 0.3) is 0 Å². The summed E-state index contributed by atoms with van der Waals surface area (Å²) in [6.45, 7) is 4.86. The van der Waals surface area contributed by atoms with Crippen LogP contribution < -0.4 is 4.72 Å². The van der Waals surface area contributed by atoms with Gasteiger partial charge in [-0.1, -0.05) is 18.5 Å². The van der Waals surface area contributed by atoms with Gasteiger partial charge in [-0.2, -0.15) is 4.72 Å². The van der Waals surface area contributed by atoms with Gasteiger partial charge in [-0.3, -0.25) is 14.5 Å². The Hall–Kier alpha value is -1.55. The van der Waals surface area contributed by atoms with Gasteiger partial charge in [0.2, 0.25) is 31.9 Å². The lowest BCUT2D eigenvalue weighted by atomic mass is 10.1. The van der Waals surface area contributed by atoms with Gasteiger partial charge < -0.3 is 9.80 Å². The minimum atomic E-state index is -3.87. The van der Waals surface area contributed by atoms with Crippen LogP contribution in [-0.2, 0) is 29.6 Å². The Morgan fingerprint density at radius 2 is 1.90 bits per heavy atom. The number of amides is 2. The zero-order valence-corrected chi connectivity index (χ0v) is 26.8. The molecule has 3 atom stereocenters. The minimum absolute atomic E-state index is 0.00360. The summed E-state index contributed by atoms with van der Waals surface area (Å²) in [5.41, 5.74) is 0. The molecule has 4 rings (SSSR count). The SMILES string of the molecule is CCCS(=O)(=O)N(C)C1CCN(CC2CCCN2C(=O)CN2CCCC(NS(=O)(=O)/C=C/c3ccc(Cl)s3)C2=O)C1. The van der Waals surface area contributed by atoms with Crippen LogP contribution in [0.3, 0.4) is 0 Å². The molecule has 0 aromatic carbocycles. The van der Waals surface area contributed by atoms with Crippen LogP contribution in [0.5, 0.6) is 0 Å². The summed E-state index contributed by atoms with van der Waals surface area (Å²) in [6, 6.07) is 2.40. The van der Waals surface area contributed by atoms with Crippen molar-refractivity contribution in [3.05, 3.63) is 26.8 Å². The van der Waals surface area contributed by atoms with Gasteiger partial charge in [0.1, 0.15) is 6.04 Å². The number of carbonyl (C=O) groups is 2. The van der Waals surface area contributed by atoms with Gasteiger partial charge in [-0.05, 0) is 63.3 Å². The number of nitrogens with zero attached hydrogens (tertiary/aromatic N) is 4. The molecule has 3 fully saturated rings. The molecule has 3 unspecified atom stereocenters. The molecular formula is C26H40ClN5O6S3. The maximum atomic E-state index is 13.3. The number of hydrogen-bond acceptors (Lipinski definition) is 8. The first-order valence-electron chi connectivity index (χ1n) is 14.1. The second-order valence-electron chi connectivity index (χ2n) is 11.0. The zero-order chi connectivity index (χ0) is 29.8. The standard InChI is InChI=1S/C26H40ClN5O6S3/c1-3-15-41(37,38)29(2)20-10-14-30(17-20)18-21-6-4-13-32(21)25(33)19-31-12-5-7-23(26(31)34)28-40(35,36)16-11-22-8-9-24(27)39-22/h8-9,11,16,20-21,23,28H,3-7,10,12-15,17-19H2,1-2H3/b16-11+. The van der Waals surface area contributed by atoms with E-state index in [0.717, 1.165) is 31.2 Å². The number of thiophene rings is 1. The van der Waals surface area contributed by atoms with Crippen LogP contribution in [0.25, 0.3) is 6.08 Å². The number of nitrogens with one attached hydrogen (secondary N) is 1. The second kappa shape index (κ2) is 13.8. The maximum absolute atomic E-state index is 13.3. The highest BCUT2D eigenvalue weighted by Crippen LogP contribution is 2.25. The van der Waals surface area contributed by atoms with Gasteiger partial charge in [-0.25, -0.2) is 21.1 Å². The number of hydrogen-bond donors (Lipinski definition) is 1. The molecule has 3 saturated heterocycles. The van der Waals surface area contributed by atoms with Crippen LogP contribution in [0.1, 0.15) is 50.3 Å². The number of likely N-dealkylation sites (tertiary alicyclic amines) is 3. The molecule has 0 saturated carbocycles. The first-order valence-corrected chi connectivity index (χ1v) is 18.5. The van der Waals surface area contributed by atoms with Crippen LogP contribution in [0.15, 0.2) is 17.5 Å². The molecule has 1 N–H and O–H groups in total. The summed E-state index contributed by atoms with van der Waals surface area (Å²) in [4.78, 5) is 32.7. The smallest absolute Gasteiger partial charge is 0.242 e. The summed E-state index contributed by atoms with van der Waals surface area (Å²) in [6.07, 6.45) is 5.46. The van der Waals surface area contributed by atoms with Gasteiger partial charge in [0.05, 0.1) is 16.6 Å². The van der Waals surface area contributed by atoms with Crippen molar-refractivity contribution < 1.29 is 26.4 Å². The van der Waals surface area contributed by atoms with Crippen LogP contribution in [0.2, 0.25) is 4.34 Å². The quantitative estimate of drug-likeness (QED) is 0.367. The fraction of sp³-hybridized carbons (Fsp3) is 0.692. The molecule has 2 amide bonds. The van der Waals surface area contributed by atoms with Crippen molar-refractivity contribution in [1.29, 1.82) is 0 Å². The first kappa shape index (κ1) is 32.4. The van der Waals surface area contributed by atoms with E-state index in [0.29, 0.717) is 54.7 Å². The Labute approximate surface area is 252 Å². The third-order valence-electron chi connectivity index (χ3n) is 8.00. The number of sulfonamides is 2. The molecule has 1 aromatic rings. The normalized spacial score (nSPS) is 24.8. The van der Waals surface area contributed by atoms with E-state index in [-0.39, 0.29) is 30.3 Å². The lowest BCUT2D eigenvalue weighted by Crippen LogP contribution is -2.55. The maximum Gasteiger partial charge on any atom is 0.242 e. The highest BCUT2D eigenvalue weighted by atomic mass is 35.5. The van der Waals surface area contributed by atoms with Crippen molar-refractivity contribution in [3.8, 4) is 0 Å². The number of likely N-dealkylation sites (N-methyl/N-ethyl adjacent to an activating group) is 1. The summed E-state index contributed by atoms with van der Waals surface area (Å²) >= 11 is 7.14. The second-order valence-corrected chi connectivity index (χ2v) is 16.5. The van der Waals surface area contributed by atoms with Gasteiger partial charge in [0.15, 0.2) is 0 Å². The summed E-state index contributed by atoms with van der Waals surface area (Å²) in [5.74, 6) is -0.392. The predicted molar refractivity (Wildman–Crippen MR) is 161 cm³/mol. The van der Waals surface area contributed by atoms with E-state index in [1.54, 1.807) is 19.2 Å². The van der Waals surface area contributed by atoms with Crippen LogP contribution in [0, 0.1) is 0 Å². The summed E-state index contributed by atoms with van der Waals surface area (Å²) < 4.78 is 54.7. The van der Waals surface area contributed by atoms with E-state index in [1.165, 1.54) is 26.6 Å². The van der Waals surface area contributed by atoms with E-state index >= 15 is 0 Å². The van der Waals surface area contributed by atoms with Crippen molar-refractivity contribution >= 4 is 60.9 Å². The van der Waals surface area contributed by atoms with Crippen molar-refractivity contribution in [2.75, 3.05) is 52.1 Å². The van der Waals surface area contributed by atoms with Gasteiger partial charge >= 0.3 is 0 Å². The van der Waals surface area contributed by atoms with Gasteiger partial charge in [-0.15, -0.1) is 11.3 Å². The third-order valence-corrected chi connectivity index (χ3v) is 12.4. The molecule has 0 bridgehead atoms. The van der Waals surface area contributed by atoms with E-state index in [4.69, 9.17) is 11.6 Å². The van der Waals surface area contributed by atoms with Crippen molar-refractivity contribution in [3.63, 3.8) is 0 Å². The highest BCUT2D eigenvalue weighted by Gasteiger charge is 2.38. The Balaban J connectivity index is 1.30. The van der Waals surface area contributed by atoms with Crippen molar-refractivity contribution in [1.82, 2.24) is 23.7 Å². The Morgan fingerprint density at radius 3 is 2.61 bits per heavy atom. The molecule has 1 aromatic heterocycles. The number of rotatable bonds is 12. The van der Waals surface area contributed by atoms with Crippen molar-refractivity contribution in [2.45, 2.75) is 63.6 Å². The van der Waals surface area contributed by atoms with Crippen molar-refractivity contribution in [2.24, 2.45) is 0 Å². The highest BCUT2D eigenvalue weighted by molar-refractivity contribution is 7.92. The molecular weight excluding hydrogens is 610 g/mol. The average molecular weight is 650 g/mol. The molecule has 0 spiro atoms. The summed E-state index contributed by atoms with van der Waals surface area (Å²) in [7, 11) is -5.48. The number of piperidine rings is 1. The first-order chi connectivity index (χ1) is 19.4. The lowest BCUT2D eigenvalue weighted by Gasteiger charge is -2.34. The molecule has 41 heavy (non-hydrogen) atoms. The number of halogens is 1. The van der Waals surface area contributed by atoms with E-state index in [2.05, 4.69) is 9.62 Å². The van der Waals surface area contributed by atoms with E-state index < -0.39 is 32.0 Å². The fourth-order valence-electron chi connectivity index (χ4n) is 5.83. The largest absolute Gasteiger partial charge is 0.337 e. The van der Waals surface area contributed by atoms with Crippen LogP contribution in [-0.4, -0.2) is 118 Å². The predicted octanol–water partition coefficient (Wildman–Crippen LogP) is 2.02. The zero-order valence-electron chi connectivity index (χ0n) is 23.6. The lowest BCUT2D eigenvalue weighted by molar-refractivity contribution is -0.143. The molecule has 4 heterocycles. The average Bonchev–Trinajstić information content (AvgIpc) is 3.66. The van der Waals surface area contributed by atoms with Gasteiger partial charge in [0, 0.05) is 55.6 Å². The van der Waals surface area contributed by atoms with Crippen LogP contribution >= 0.6 is 22.9 Å².